The molecule has 2 rings (SSSR count). The molecule has 0 aromatic heterocycles. The second-order valence-electron chi connectivity index (χ2n) is 7.96. The molecule has 31 heavy (non-hydrogen) atoms. The summed E-state index contributed by atoms with van der Waals surface area (Å²) >= 11 is 0. The number of carboxylic acids is 1. The molecule has 0 aliphatic carbocycles. The Morgan fingerprint density at radius 3 is 2.39 bits per heavy atom. The van der Waals surface area contributed by atoms with Crippen molar-refractivity contribution in [3.05, 3.63) is 23.8 Å². The largest absolute Gasteiger partial charge is 0.481 e. The number of nitrogens with zero attached hydrogens (tertiary/aromatic N) is 1. The third-order valence-electron chi connectivity index (χ3n) is 5.92. The number of carbonyl (C=O) groups is 1. The van der Waals surface area contributed by atoms with Gasteiger partial charge in [0.15, 0.2) is 5.71 Å². The molecule has 1 aliphatic heterocycles. The van der Waals surface area contributed by atoms with Gasteiger partial charge in [0.25, 0.3) is 20.2 Å². The van der Waals surface area contributed by atoms with E-state index in [4.69, 9.17) is 9.66 Å². The number of aliphatic carboxylic acids is 1. The van der Waals surface area contributed by atoms with Crippen LogP contribution in [0.5, 0.6) is 0 Å². The summed E-state index contributed by atoms with van der Waals surface area (Å²) in [5.41, 5.74) is 1.91. The molecule has 9 nitrogen and oxygen atoms in total. The Kier molecular flexibility index (Phi) is 8.01. The Morgan fingerprint density at radius 2 is 1.81 bits per heavy atom. The fourth-order valence-corrected chi connectivity index (χ4v) is 5.25. The normalized spacial score (nSPS) is 19.0. The quantitative estimate of drug-likeness (QED) is 0.203. The molecule has 1 atom stereocenters. The number of carboxylic acid groups (broad SMARTS) is 1. The Balaban J connectivity index is 2.37. The lowest BCUT2D eigenvalue weighted by Gasteiger charge is -2.22. The van der Waals surface area contributed by atoms with Gasteiger partial charge in [0, 0.05) is 31.4 Å². The molecule has 0 saturated heterocycles. The van der Waals surface area contributed by atoms with Gasteiger partial charge in [0.2, 0.25) is 5.69 Å². The van der Waals surface area contributed by atoms with E-state index in [9.17, 15) is 21.6 Å². The number of hydrogen-bond acceptors (Lipinski definition) is 6. The van der Waals surface area contributed by atoms with Gasteiger partial charge in [-0.05, 0) is 44.7 Å². The highest BCUT2D eigenvalue weighted by atomic mass is 32.2. The minimum absolute atomic E-state index is 0.0193. The van der Waals surface area contributed by atoms with Gasteiger partial charge in [-0.25, -0.2) is 0 Å². The Labute approximate surface area is 183 Å². The zero-order valence-electron chi connectivity index (χ0n) is 18.0. The maximum Gasteiger partial charge on any atom is 0.303 e. The molecule has 1 aromatic carbocycles. The fraction of sp³-hybridized carbons (Fsp3) is 0.600. The Bertz CT molecular complexity index is 1080. The van der Waals surface area contributed by atoms with E-state index in [1.807, 2.05) is 13.8 Å². The summed E-state index contributed by atoms with van der Waals surface area (Å²) in [6.45, 7) is 4.48. The van der Waals surface area contributed by atoms with Gasteiger partial charge in [0.1, 0.15) is 6.54 Å². The molecule has 1 aromatic rings. The van der Waals surface area contributed by atoms with Gasteiger partial charge < -0.3 is 5.11 Å². The van der Waals surface area contributed by atoms with Crippen LogP contribution in [0.1, 0.15) is 57.9 Å². The summed E-state index contributed by atoms with van der Waals surface area (Å²) < 4.78 is 62.6. The second-order valence-corrected chi connectivity index (χ2v) is 11.2. The predicted octanol–water partition coefficient (Wildman–Crippen LogP) is 2.71. The first-order valence-electron chi connectivity index (χ1n) is 10.1. The van der Waals surface area contributed by atoms with Gasteiger partial charge in [0.05, 0.1) is 23.2 Å². The van der Waals surface area contributed by atoms with E-state index in [-0.39, 0.29) is 23.5 Å². The lowest BCUT2D eigenvalue weighted by atomic mass is 9.76. The predicted molar refractivity (Wildman–Crippen MR) is 115 cm³/mol. The average Bonchev–Trinajstić information content (AvgIpc) is 2.88. The van der Waals surface area contributed by atoms with Crippen molar-refractivity contribution in [3.63, 3.8) is 0 Å². The van der Waals surface area contributed by atoms with Gasteiger partial charge in [-0.3, -0.25) is 13.5 Å². The third kappa shape index (κ3) is 6.12. The van der Waals surface area contributed by atoms with Crippen molar-refractivity contribution in [2.45, 2.75) is 62.7 Å². The van der Waals surface area contributed by atoms with E-state index in [1.54, 1.807) is 12.1 Å². The topological polar surface area (TPSA) is 138 Å². The molecule has 0 spiro atoms. The molecule has 174 valence electrons. The van der Waals surface area contributed by atoms with E-state index in [2.05, 4.69) is 8.76 Å². The molecule has 0 fully saturated rings. The lowest BCUT2D eigenvalue weighted by molar-refractivity contribution is -0.439. The fourth-order valence-electron chi connectivity index (χ4n) is 4.05. The van der Waals surface area contributed by atoms with Crippen molar-refractivity contribution in [2.24, 2.45) is 0 Å². The van der Waals surface area contributed by atoms with Crippen molar-refractivity contribution in [2.75, 3.05) is 19.4 Å². The van der Waals surface area contributed by atoms with Crippen molar-refractivity contribution >= 4 is 37.6 Å². The second kappa shape index (κ2) is 9.76. The molecular weight excluding hydrogens is 446 g/mol. The molecule has 1 heterocycles. The van der Waals surface area contributed by atoms with E-state index >= 15 is 0 Å². The summed E-state index contributed by atoms with van der Waals surface area (Å²) in [5, 5.41) is 8.78. The molecule has 0 saturated carbocycles. The van der Waals surface area contributed by atoms with Crippen LogP contribution in [-0.2, 0) is 34.6 Å². The Morgan fingerprint density at radius 1 is 1.13 bits per heavy atom. The first kappa shape index (κ1) is 25.4. The number of fused-ring (bicyclic) bond motifs is 1. The average molecular weight is 477 g/mol. The maximum absolute atomic E-state index is 12.2. The lowest BCUT2D eigenvalue weighted by Crippen LogP contribution is -2.31. The summed E-state index contributed by atoms with van der Waals surface area (Å²) in [4.78, 5) is 10.7. The van der Waals surface area contributed by atoms with Gasteiger partial charge in [-0.15, -0.1) is 0 Å². The minimum atomic E-state index is -4.10. The SMILES string of the molecule is COS(=O)(=O)c1ccc2c(c1)C(C)(CCCS(=O)(=O)O)C(C)=[N+]2CCCCCC(=O)O. The van der Waals surface area contributed by atoms with Crippen LogP contribution in [0, 0.1) is 0 Å². The first-order chi connectivity index (χ1) is 14.3. The van der Waals surface area contributed by atoms with Crippen molar-refractivity contribution in [1.82, 2.24) is 0 Å². The van der Waals surface area contributed by atoms with Gasteiger partial charge >= 0.3 is 5.97 Å². The van der Waals surface area contributed by atoms with Crippen molar-refractivity contribution in [3.8, 4) is 0 Å². The van der Waals surface area contributed by atoms with Crippen molar-refractivity contribution < 1.29 is 40.0 Å². The first-order valence-corrected chi connectivity index (χ1v) is 13.1. The maximum atomic E-state index is 12.2. The summed E-state index contributed by atoms with van der Waals surface area (Å²) in [6.07, 6.45) is 2.79. The van der Waals surface area contributed by atoms with Crippen LogP contribution in [0.3, 0.4) is 0 Å². The van der Waals surface area contributed by atoms with E-state index in [0.29, 0.717) is 19.4 Å². The number of benzene rings is 1. The molecule has 0 bridgehead atoms. The Hall–Kier alpha value is -1.82. The summed E-state index contributed by atoms with van der Waals surface area (Å²) in [7, 11) is -6.91. The van der Waals surface area contributed by atoms with Crippen LogP contribution >= 0.6 is 0 Å². The highest BCUT2D eigenvalue weighted by Gasteiger charge is 2.46. The zero-order chi connectivity index (χ0) is 23.4. The zero-order valence-corrected chi connectivity index (χ0v) is 19.6. The molecule has 1 aliphatic rings. The van der Waals surface area contributed by atoms with E-state index in [1.165, 1.54) is 6.07 Å². The van der Waals surface area contributed by atoms with Crippen LogP contribution in [0.4, 0.5) is 5.69 Å². The van der Waals surface area contributed by atoms with Gasteiger partial charge in [-0.1, -0.05) is 0 Å². The molecule has 1 unspecified atom stereocenters. The molecule has 0 amide bonds. The molecule has 2 N–H and O–H groups in total. The highest BCUT2D eigenvalue weighted by Crippen LogP contribution is 2.44. The molecular formula is C20H30NO8S2+. The monoisotopic (exact) mass is 476 g/mol. The number of hydrogen-bond donors (Lipinski definition) is 2. The van der Waals surface area contributed by atoms with Crippen LogP contribution in [0.15, 0.2) is 23.1 Å². The molecule has 11 heteroatoms. The standard InChI is InChI=1S/C20H29NO8S2/c1-15-20(2,11-7-13-30(24,25)26)17-14-16(31(27,28)29-3)9-10-18(17)21(15)12-6-4-5-8-19(22)23/h9-10,14H,4-8,11-13H2,1-3H3,(H-,22,23,24,25,26)/p+1. The number of unbranched alkanes of at least 4 members (excludes halogenated alkanes) is 2. The smallest absolute Gasteiger partial charge is 0.303 e. The highest BCUT2D eigenvalue weighted by molar-refractivity contribution is 7.86. The van der Waals surface area contributed by atoms with E-state index in [0.717, 1.165) is 36.9 Å². The van der Waals surface area contributed by atoms with Crippen LogP contribution in [-0.4, -0.2) is 62.2 Å². The molecule has 0 radical (unpaired) electrons. The summed E-state index contributed by atoms with van der Waals surface area (Å²) in [6, 6.07) is 4.76. The van der Waals surface area contributed by atoms with E-state index < -0.39 is 31.6 Å². The summed E-state index contributed by atoms with van der Waals surface area (Å²) in [5.74, 6) is -1.20. The van der Waals surface area contributed by atoms with Crippen LogP contribution < -0.4 is 0 Å². The van der Waals surface area contributed by atoms with Crippen LogP contribution in [0.2, 0.25) is 0 Å². The van der Waals surface area contributed by atoms with Crippen LogP contribution in [0.25, 0.3) is 0 Å². The van der Waals surface area contributed by atoms with Crippen molar-refractivity contribution in [1.29, 1.82) is 0 Å². The van der Waals surface area contributed by atoms with Gasteiger partial charge in [-0.2, -0.15) is 21.4 Å². The number of rotatable bonds is 12. The third-order valence-corrected chi connectivity index (χ3v) is 7.99. The minimum Gasteiger partial charge on any atom is -0.481 e.